The van der Waals surface area contributed by atoms with Crippen molar-refractivity contribution in [1.29, 1.82) is 0 Å². The van der Waals surface area contributed by atoms with Crippen molar-refractivity contribution in [2.24, 2.45) is 5.41 Å². The van der Waals surface area contributed by atoms with Crippen LogP contribution in [0, 0.1) is 5.41 Å². The molecule has 0 saturated carbocycles. The van der Waals surface area contributed by atoms with Gasteiger partial charge in [-0.1, -0.05) is 20.8 Å². The molecule has 3 heteroatoms. The molecule has 0 aliphatic carbocycles. The van der Waals surface area contributed by atoms with E-state index >= 15 is 0 Å². The molecular formula is C14H21NO2. The molecule has 0 amide bonds. The number of rotatable bonds is 4. The average molecular weight is 235 g/mol. The number of methoxy groups -OCH3 is 1. The molecule has 0 unspecified atom stereocenters. The lowest BCUT2D eigenvalue weighted by atomic mass is 9.92. The minimum Gasteiger partial charge on any atom is -0.465 e. The smallest absolute Gasteiger partial charge is 0.337 e. The zero-order valence-electron chi connectivity index (χ0n) is 11.0. The Balaban J connectivity index is 2.49. The predicted octanol–water partition coefficient (Wildman–Crippen LogP) is 3.32. The fraction of sp³-hybridized carbons (Fsp3) is 0.500. The third kappa shape index (κ3) is 4.89. The number of carbonyl (C=O) groups excluding carboxylic acids is 1. The van der Waals surface area contributed by atoms with Crippen LogP contribution in [0.5, 0.6) is 0 Å². The van der Waals surface area contributed by atoms with Crippen LogP contribution in [0.25, 0.3) is 0 Å². The molecule has 0 spiro atoms. The molecule has 1 rings (SSSR count). The first-order valence-electron chi connectivity index (χ1n) is 5.84. The lowest BCUT2D eigenvalue weighted by Crippen LogP contribution is -2.12. The van der Waals surface area contributed by atoms with E-state index in [4.69, 9.17) is 0 Å². The van der Waals surface area contributed by atoms with Gasteiger partial charge in [-0.15, -0.1) is 0 Å². The number of hydrogen-bond acceptors (Lipinski definition) is 3. The zero-order valence-corrected chi connectivity index (χ0v) is 11.0. The molecule has 0 saturated heterocycles. The third-order valence-corrected chi connectivity index (χ3v) is 2.51. The second-order valence-corrected chi connectivity index (χ2v) is 5.31. The maximum absolute atomic E-state index is 11.2. The van der Waals surface area contributed by atoms with Crippen LogP contribution >= 0.6 is 0 Å². The standard InChI is InChI=1S/C14H21NO2/c1-14(2,3)9-10-15-12-7-5-11(6-8-12)13(16)17-4/h5-8,15H,9-10H2,1-4H3. The van der Waals surface area contributed by atoms with E-state index in [1.165, 1.54) is 7.11 Å². The van der Waals surface area contributed by atoms with Crippen molar-refractivity contribution < 1.29 is 9.53 Å². The Morgan fingerprint density at radius 2 is 1.82 bits per heavy atom. The van der Waals surface area contributed by atoms with Gasteiger partial charge in [-0.3, -0.25) is 0 Å². The van der Waals surface area contributed by atoms with Gasteiger partial charge in [0.1, 0.15) is 0 Å². The van der Waals surface area contributed by atoms with Crippen molar-refractivity contribution in [1.82, 2.24) is 0 Å². The summed E-state index contributed by atoms with van der Waals surface area (Å²) in [4.78, 5) is 11.2. The number of hydrogen-bond donors (Lipinski definition) is 1. The first-order chi connectivity index (χ1) is 7.92. The van der Waals surface area contributed by atoms with Crippen LogP contribution in [0.1, 0.15) is 37.6 Å². The second kappa shape index (κ2) is 5.71. The minimum atomic E-state index is -0.300. The van der Waals surface area contributed by atoms with E-state index in [9.17, 15) is 4.79 Å². The van der Waals surface area contributed by atoms with Gasteiger partial charge in [0, 0.05) is 12.2 Å². The molecular weight excluding hydrogens is 214 g/mol. The maximum Gasteiger partial charge on any atom is 0.337 e. The van der Waals surface area contributed by atoms with Crippen molar-refractivity contribution in [3.8, 4) is 0 Å². The van der Waals surface area contributed by atoms with Crippen molar-refractivity contribution in [3.63, 3.8) is 0 Å². The Morgan fingerprint density at radius 1 is 1.24 bits per heavy atom. The largest absolute Gasteiger partial charge is 0.465 e. The number of nitrogens with one attached hydrogen (secondary N) is 1. The molecule has 0 aliphatic heterocycles. The van der Waals surface area contributed by atoms with Crippen LogP contribution in [0.2, 0.25) is 0 Å². The molecule has 3 nitrogen and oxygen atoms in total. The van der Waals surface area contributed by atoms with Crippen molar-refractivity contribution >= 4 is 11.7 Å². The monoisotopic (exact) mass is 235 g/mol. The molecule has 0 aromatic heterocycles. The van der Waals surface area contributed by atoms with Crippen LogP contribution in [0.4, 0.5) is 5.69 Å². The van der Waals surface area contributed by atoms with Gasteiger partial charge in [0.15, 0.2) is 0 Å². The molecule has 17 heavy (non-hydrogen) atoms. The van der Waals surface area contributed by atoms with Crippen LogP contribution in [-0.4, -0.2) is 19.6 Å². The fourth-order valence-corrected chi connectivity index (χ4v) is 1.42. The summed E-state index contributed by atoms with van der Waals surface area (Å²) >= 11 is 0. The summed E-state index contributed by atoms with van der Waals surface area (Å²) in [7, 11) is 1.39. The summed E-state index contributed by atoms with van der Waals surface area (Å²) < 4.78 is 4.64. The molecule has 1 aromatic carbocycles. The van der Waals surface area contributed by atoms with Gasteiger partial charge in [0.2, 0.25) is 0 Å². The van der Waals surface area contributed by atoms with Crippen LogP contribution in [-0.2, 0) is 4.74 Å². The summed E-state index contributed by atoms with van der Waals surface area (Å²) in [6.45, 7) is 7.58. The molecule has 1 N–H and O–H groups in total. The summed E-state index contributed by atoms with van der Waals surface area (Å²) in [5.74, 6) is -0.300. The molecule has 0 fully saturated rings. The van der Waals surface area contributed by atoms with Crippen molar-refractivity contribution in [2.75, 3.05) is 19.0 Å². The molecule has 0 heterocycles. The van der Waals surface area contributed by atoms with Crippen LogP contribution < -0.4 is 5.32 Å². The maximum atomic E-state index is 11.2. The van der Waals surface area contributed by atoms with Gasteiger partial charge < -0.3 is 10.1 Å². The Morgan fingerprint density at radius 3 is 2.29 bits per heavy atom. The topological polar surface area (TPSA) is 38.3 Å². The first kappa shape index (κ1) is 13.6. The van der Waals surface area contributed by atoms with Crippen LogP contribution in [0.15, 0.2) is 24.3 Å². The molecule has 0 bridgehead atoms. The summed E-state index contributed by atoms with van der Waals surface area (Å²) in [6, 6.07) is 7.33. The Bertz CT molecular complexity index is 363. The fourth-order valence-electron chi connectivity index (χ4n) is 1.42. The number of carbonyl (C=O) groups is 1. The average Bonchev–Trinajstić information content (AvgIpc) is 2.27. The molecule has 1 aromatic rings. The normalized spacial score (nSPS) is 11.1. The van der Waals surface area contributed by atoms with Gasteiger partial charge in [0.05, 0.1) is 12.7 Å². The summed E-state index contributed by atoms with van der Waals surface area (Å²) in [5.41, 5.74) is 1.94. The van der Waals surface area contributed by atoms with Crippen LogP contribution in [0.3, 0.4) is 0 Å². The quantitative estimate of drug-likeness (QED) is 0.814. The van der Waals surface area contributed by atoms with Gasteiger partial charge in [-0.05, 0) is 36.1 Å². The van der Waals surface area contributed by atoms with Crippen molar-refractivity contribution in [2.45, 2.75) is 27.2 Å². The lowest BCUT2D eigenvalue weighted by molar-refractivity contribution is 0.0601. The van der Waals surface area contributed by atoms with E-state index in [-0.39, 0.29) is 5.97 Å². The first-order valence-corrected chi connectivity index (χ1v) is 5.84. The molecule has 94 valence electrons. The predicted molar refractivity (Wildman–Crippen MR) is 70.3 cm³/mol. The van der Waals surface area contributed by atoms with Crippen molar-refractivity contribution in [3.05, 3.63) is 29.8 Å². The van der Waals surface area contributed by atoms with Gasteiger partial charge in [-0.25, -0.2) is 4.79 Å². The highest BCUT2D eigenvalue weighted by Gasteiger charge is 2.09. The van der Waals surface area contributed by atoms with Gasteiger partial charge in [0.25, 0.3) is 0 Å². The number of anilines is 1. The van der Waals surface area contributed by atoms with E-state index in [2.05, 4.69) is 30.8 Å². The van der Waals surface area contributed by atoms with E-state index in [0.717, 1.165) is 18.7 Å². The highest BCUT2D eigenvalue weighted by atomic mass is 16.5. The molecule has 0 aliphatic rings. The molecule has 0 atom stereocenters. The summed E-state index contributed by atoms with van der Waals surface area (Å²) in [5, 5.41) is 3.33. The zero-order chi connectivity index (χ0) is 12.9. The van der Waals surface area contributed by atoms with E-state index in [0.29, 0.717) is 11.0 Å². The SMILES string of the molecule is COC(=O)c1ccc(NCCC(C)(C)C)cc1. The number of ether oxygens (including phenoxy) is 1. The minimum absolute atomic E-state index is 0.300. The lowest BCUT2D eigenvalue weighted by Gasteiger charge is -2.18. The van der Waals surface area contributed by atoms with Gasteiger partial charge in [-0.2, -0.15) is 0 Å². The number of esters is 1. The van der Waals surface area contributed by atoms with Gasteiger partial charge >= 0.3 is 5.97 Å². The Labute approximate surface area is 103 Å². The highest BCUT2D eigenvalue weighted by Crippen LogP contribution is 2.18. The van der Waals surface area contributed by atoms with E-state index < -0.39 is 0 Å². The number of benzene rings is 1. The third-order valence-electron chi connectivity index (χ3n) is 2.51. The Hall–Kier alpha value is -1.51. The van der Waals surface area contributed by atoms with E-state index in [1.807, 2.05) is 12.1 Å². The van der Waals surface area contributed by atoms with E-state index in [1.54, 1.807) is 12.1 Å². The second-order valence-electron chi connectivity index (χ2n) is 5.31. The molecule has 0 radical (unpaired) electrons. The highest BCUT2D eigenvalue weighted by molar-refractivity contribution is 5.89. The summed E-state index contributed by atoms with van der Waals surface area (Å²) in [6.07, 6.45) is 1.10. The Kier molecular flexibility index (Phi) is 4.55.